The number of carbonyl (C=O) groups excluding carboxylic acids is 1. The zero-order chi connectivity index (χ0) is 33.5. The molecular weight excluding hydrogens is 592 g/mol. The quantitative estimate of drug-likeness (QED) is 0.177. The molecule has 1 saturated heterocycles. The maximum Gasteiger partial charge on any atom is 0.261 e. The van der Waals surface area contributed by atoms with Gasteiger partial charge in [-0.2, -0.15) is 5.10 Å². The minimum Gasteiger partial charge on any atom is -0.375 e. The molecule has 3 aromatic rings. The molecule has 0 atom stereocenters. The van der Waals surface area contributed by atoms with E-state index >= 15 is 0 Å². The minimum atomic E-state index is -0.0358. The predicted molar refractivity (Wildman–Crippen MR) is 196 cm³/mol. The molecule has 48 heavy (non-hydrogen) atoms. The largest absolute Gasteiger partial charge is 0.375 e. The summed E-state index contributed by atoms with van der Waals surface area (Å²) in [7, 11) is 2.05. The summed E-state index contributed by atoms with van der Waals surface area (Å²) in [5.41, 5.74) is 11.7. The smallest absolute Gasteiger partial charge is 0.261 e. The number of anilines is 1. The number of benzene rings is 2. The third-order valence-corrected chi connectivity index (χ3v) is 10.1. The first-order valence-electron chi connectivity index (χ1n) is 17.4. The third-order valence-electron chi connectivity index (χ3n) is 10.1. The summed E-state index contributed by atoms with van der Waals surface area (Å²) in [4.78, 5) is 25.3. The van der Waals surface area contributed by atoms with Crippen LogP contribution in [0.1, 0.15) is 64.0 Å². The van der Waals surface area contributed by atoms with Gasteiger partial charge in [-0.3, -0.25) is 9.69 Å². The summed E-state index contributed by atoms with van der Waals surface area (Å²) in [6, 6.07) is 19.2. The first kappa shape index (κ1) is 33.2. The van der Waals surface area contributed by atoms with Gasteiger partial charge in [-0.05, 0) is 81.6 Å². The zero-order valence-corrected chi connectivity index (χ0v) is 28.9. The highest BCUT2D eigenvalue weighted by molar-refractivity contribution is 6.19. The molecule has 0 radical (unpaired) electrons. The molecule has 0 N–H and O–H groups in total. The molecule has 0 aliphatic carbocycles. The highest BCUT2D eigenvalue weighted by Crippen LogP contribution is 2.43. The van der Waals surface area contributed by atoms with Crippen LogP contribution in [0.15, 0.2) is 125 Å². The Kier molecular flexibility index (Phi) is 10.4. The van der Waals surface area contributed by atoms with Gasteiger partial charge in [0.05, 0.1) is 17.5 Å². The second-order valence-electron chi connectivity index (χ2n) is 13.0. The van der Waals surface area contributed by atoms with Crippen LogP contribution in [0.4, 0.5) is 5.69 Å². The lowest BCUT2D eigenvalue weighted by Gasteiger charge is -2.44. The van der Waals surface area contributed by atoms with Crippen molar-refractivity contribution in [1.82, 2.24) is 19.6 Å². The molecule has 2 aromatic carbocycles. The van der Waals surface area contributed by atoms with Crippen molar-refractivity contribution in [3.05, 3.63) is 131 Å². The van der Waals surface area contributed by atoms with Crippen molar-refractivity contribution in [3.63, 3.8) is 0 Å². The first-order chi connectivity index (χ1) is 23.5. The fourth-order valence-electron chi connectivity index (χ4n) is 7.46. The number of amides is 1. The van der Waals surface area contributed by atoms with Crippen LogP contribution in [0, 0.1) is 0 Å². The third kappa shape index (κ3) is 6.94. The number of hydrogen-bond acceptors (Lipinski definition) is 5. The number of aliphatic imine (C=N–C) groups is 1. The van der Waals surface area contributed by atoms with Crippen molar-refractivity contribution < 1.29 is 4.79 Å². The van der Waals surface area contributed by atoms with Crippen molar-refractivity contribution in [1.29, 1.82) is 0 Å². The lowest BCUT2D eigenvalue weighted by atomic mass is 9.66. The minimum absolute atomic E-state index is 0.0358. The summed E-state index contributed by atoms with van der Waals surface area (Å²) in [5, 5.41) is 4.76. The second kappa shape index (κ2) is 15.0. The number of carbonyl (C=O) groups is 1. The van der Waals surface area contributed by atoms with Gasteiger partial charge in [0.15, 0.2) is 0 Å². The van der Waals surface area contributed by atoms with Gasteiger partial charge in [-0.15, -0.1) is 0 Å². The van der Waals surface area contributed by atoms with E-state index in [1.165, 1.54) is 11.1 Å². The van der Waals surface area contributed by atoms with Gasteiger partial charge in [0.2, 0.25) is 0 Å². The fourth-order valence-corrected chi connectivity index (χ4v) is 7.46. The normalized spacial score (nSPS) is 19.0. The molecule has 6 rings (SSSR count). The maximum atomic E-state index is 14.1. The molecule has 0 bridgehead atoms. The van der Waals surface area contributed by atoms with E-state index < -0.39 is 0 Å². The molecule has 3 aliphatic heterocycles. The van der Waals surface area contributed by atoms with Crippen LogP contribution in [0.3, 0.4) is 0 Å². The van der Waals surface area contributed by atoms with E-state index in [4.69, 9.17) is 5.10 Å². The van der Waals surface area contributed by atoms with E-state index in [9.17, 15) is 4.79 Å². The number of aromatic nitrogens is 2. The van der Waals surface area contributed by atoms with Crippen LogP contribution in [0.2, 0.25) is 0 Å². The van der Waals surface area contributed by atoms with Gasteiger partial charge in [0.25, 0.3) is 5.91 Å². The summed E-state index contributed by atoms with van der Waals surface area (Å²) >= 11 is 0. The molecular formula is C41H48N6O. The van der Waals surface area contributed by atoms with Crippen molar-refractivity contribution in [3.8, 4) is 5.69 Å². The number of likely N-dealkylation sites (N-methyl/N-ethyl adjacent to an activating group) is 1. The average molecular weight is 641 g/mol. The van der Waals surface area contributed by atoms with Gasteiger partial charge < -0.3 is 9.80 Å². The molecule has 4 heterocycles. The fraction of sp³-hybridized carbons (Fsp3) is 0.366. The van der Waals surface area contributed by atoms with Crippen molar-refractivity contribution in [2.45, 2.75) is 64.8 Å². The zero-order valence-electron chi connectivity index (χ0n) is 28.9. The Balaban J connectivity index is 1.17. The van der Waals surface area contributed by atoms with E-state index in [-0.39, 0.29) is 11.3 Å². The van der Waals surface area contributed by atoms with Gasteiger partial charge in [-0.25, -0.2) is 9.67 Å². The van der Waals surface area contributed by atoms with Crippen LogP contribution in [0.5, 0.6) is 0 Å². The Morgan fingerprint density at radius 2 is 1.79 bits per heavy atom. The lowest BCUT2D eigenvalue weighted by Crippen LogP contribution is -2.43. The predicted octanol–water partition coefficient (Wildman–Crippen LogP) is 7.77. The number of likely N-dealkylation sites (tertiary alicyclic amines) is 1. The van der Waals surface area contributed by atoms with Crippen LogP contribution in [0.25, 0.3) is 5.69 Å². The Bertz CT molecular complexity index is 1790. The standard InChI is InChI=1S/C41H48N6O/c1-5-8-16-35-17-12-20-39-38(29-42-35)40(48)46(26-25-44(39)4)36-18-13-19-37(27-36)47-31-32(28-43-47)30-45-23-21-41(22-24-45,33(6-2)7-3)34-14-10-9-11-15-34/h6,8-16,18-19,27-29,31H,5,7,20-26,30H2,1-4H3/b16-8+,33-6-,42-29?. The van der Waals surface area contributed by atoms with Gasteiger partial charge in [0, 0.05) is 67.9 Å². The van der Waals surface area contributed by atoms with E-state index in [1.54, 1.807) is 11.8 Å². The number of rotatable bonds is 9. The van der Waals surface area contributed by atoms with Gasteiger partial charge in [0.1, 0.15) is 5.70 Å². The molecule has 7 heteroatoms. The van der Waals surface area contributed by atoms with Gasteiger partial charge >= 0.3 is 0 Å². The van der Waals surface area contributed by atoms with Crippen molar-refractivity contribution in [2.24, 2.45) is 4.99 Å². The Hall–Kier alpha value is -4.71. The lowest BCUT2D eigenvalue weighted by molar-refractivity contribution is -0.114. The first-order valence-corrected chi connectivity index (χ1v) is 17.4. The highest BCUT2D eigenvalue weighted by Gasteiger charge is 2.38. The van der Waals surface area contributed by atoms with E-state index in [2.05, 4.69) is 102 Å². The molecule has 1 amide bonds. The summed E-state index contributed by atoms with van der Waals surface area (Å²) in [6.07, 6.45) is 19.0. The average Bonchev–Trinajstić information content (AvgIpc) is 3.54. The number of nitrogens with zero attached hydrogens (tertiary/aromatic N) is 6. The number of allylic oxidation sites excluding steroid dienone is 4. The number of hydrogen-bond donors (Lipinski definition) is 0. The van der Waals surface area contributed by atoms with E-state index in [0.29, 0.717) is 18.5 Å². The molecule has 0 spiro atoms. The molecule has 7 nitrogen and oxygen atoms in total. The molecule has 1 aromatic heterocycles. The van der Waals surface area contributed by atoms with Crippen LogP contribution in [-0.4, -0.2) is 64.9 Å². The molecule has 3 aliphatic rings. The van der Waals surface area contributed by atoms with Crippen LogP contribution >= 0.6 is 0 Å². The van der Waals surface area contributed by atoms with E-state index in [0.717, 1.165) is 74.6 Å². The molecule has 1 fully saturated rings. The maximum absolute atomic E-state index is 14.1. The SMILES string of the molecule is C/C=C(/CC)C1(c2ccccc2)CCN(Cc2cnn(-c3cccc(N4CCN(C)C5=C(C=NC(/C=C/CC)=C=CC5)C4=O)c3)c2)CC1. The van der Waals surface area contributed by atoms with E-state index in [1.807, 2.05) is 47.1 Å². The molecule has 248 valence electrons. The Morgan fingerprint density at radius 1 is 1.00 bits per heavy atom. The number of piperidine rings is 1. The Morgan fingerprint density at radius 3 is 2.54 bits per heavy atom. The Labute approximate surface area is 286 Å². The monoisotopic (exact) mass is 640 g/mol. The summed E-state index contributed by atoms with van der Waals surface area (Å²) < 4.78 is 1.93. The topological polar surface area (TPSA) is 57.0 Å². The van der Waals surface area contributed by atoms with Crippen molar-refractivity contribution in [2.75, 3.05) is 38.1 Å². The summed E-state index contributed by atoms with van der Waals surface area (Å²) in [6.45, 7) is 10.8. The molecule has 0 saturated carbocycles. The van der Waals surface area contributed by atoms with Crippen LogP contribution < -0.4 is 4.90 Å². The van der Waals surface area contributed by atoms with Crippen LogP contribution in [-0.2, 0) is 16.8 Å². The molecule has 0 unspecified atom stereocenters. The van der Waals surface area contributed by atoms with Gasteiger partial charge in [-0.1, -0.05) is 73.7 Å². The highest BCUT2D eigenvalue weighted by atomic mass is 16.2. The second-order valence-corrected chi connectivity index (χ2v) is 13.0. The van der Waals surface area contributed by atoms with Crippen molar-refractivity contribution >= 4 is 17.8 Å². The summed E-state index contributed by atoms with van der Waals surface area (Å²) in [5.74, 6) is -0.0358.